The Kier molecular flexibility index (Phi) is 4.97. The van der Waals surface area contributed by atoms with Crippen molar-refractivity contribution in [3.63, 3.8) is 0 Å². The molecule has 8 heteroatoms. The Balaban J connectivity index is 1.93. The van der Waals surface area contributed by atoms with Crippen LogP contribution in [0, 0.1) is 11.6 Å². The molecule has 0 unspecified atom stereocenters. The average Bonchev–Trinajstić information content (AvgIpc) is 3.31. The summed E-state index contributed by atoms with van der Waals surface area (Å²) in [7, 11) is 1.52. The van der Waals surface area contributed by atoms with Gasteiger partial charge in [0.05, 0.1) is 36.4 Å². The van der Waals surface area contributed by atoms with Crippen molar-refractivity contribution in [3.8, 4) is 5.88 Å². The minimum atomic E-state index is -0.673. The maximum absolute atomic E-state index is 14.5. The molecule has 146 valence electrons. The predicted molar refractivity (Wildman–Crippen MR) is 106 cm³/mol. The van der Waals surface area contributed by atoms with Crippen molar-refractivity contribution >= 4 is 28.4 Å². The molecule has 1 aliphatic rings. The van der Waals surface area contributed by atoms with E-state index in [-0.39, 0.29) is 12.1 Å². The molecule has 2 aromatic heterocycles. The van der Waals surface area contributed by atoms with Gasteiger partial charge < -0.3 is 9.72 Å². The number of fused-ring (bicyclic) bond motifs is 1. The lowest BCUT2D eigenvalue weighted by Crippen LogP contribution is -2.19. The number of imidazole rings is 1. The van der Waals surface area contributed by atoms with E-state index in [0.717, 1.165) is 24.8 Å². The van der Waals surface area contributed by atoms with Gasteiger partial charge in [-0.2, -0.15) is 0 Å². The van der Waals surface area contributed by atoms with Crippen molar-refractivity contribution in [2.75, 3.05) is 13.4 Å². The maximum Gasteiger partial charge on any atom is 0.326 e. The number of hydrogen-bond donors (Lipinski definition) is 1. The highest BCUT2D eigenvalue weighted by Crippen LogP contribution is 2.37. The van der Waals surface area contributed by atoms with E-state index in [0.29, 0.717) is 27.4 Å². The smallest absolute Gasteiger partial charge is 0.326 e. The van der Waals surface area contributed by atoms with Crippen LogP contribution in [0.4, 0.5) is 8.78 Å². The van der Waals surface area contributed by atoms with Crippen LogP contribution in [0.2, 0.25) is 0 Å². The minimum Gasteiger partial charge on any atom is -0.480 e. The second-order valence-electron chi connectivity index (χ2n) is 6.61. The van der Waals surface area contributed by atoms with Gasteiger partial charge in [-0.05, 0) is 43.2 Å². The summed E-state index contributed by atoms with van der Waals surface area (Å²) in [5.74, 6) is -0.950. The molecular weight excluding hydrogens is 384 g/mol. The Bertz CT molecular complexity index is 1130. The lowest BCUT2D eigenvalue weighted by atomic mass is 10.0. The molecule has 5 nitrogen and oxygen atoms in total. The van der Waals surface area contributed by atoms with E-state index in [9.17, 15) is 13.6 Å². The van der Waals surface area contributed by atoms with Crippen LogP contribution >= 0.6 is 11.8 Å². The van der Waals surface area contributed by atoms with Gasteiger partial charge >= 0.3 is 5.69 Å². The molecule has 3 aromatic rings. The molecule has 0 atom stereocenters. The molecule has 1 aromatic carbocycles. The topological polar surface area (TPSA) is 59.9 Å². The van der Waals surface area contributed by atoms with Gasteiger partial charge in [-0.1, -0.05) is 6.08 Å². The molecular formula is C20H19F2N3O2S. The van der Waals surface area contributed by atoms with Crippen molar-refractivity contribution in [2.24, 2.45) is 0 Å². The molecule has 0 amide bonds. The van der Waals surface area contributed by atoms with Crippen LogP contribution < -0.4 is 10.4 Å². The third-order valence-corrected chi connectivity index (χ3v) is 5.70. The number of nitrogens with one attached hydrogen (secondary N) is 1. The minimum absolute atomic E-state index is 0.150. The van der Waals surface area contributed by atoms with Gasteiger partial charge in [0.1, 0.15) is 11.6 Å². The van der Waals surface area contributed by atoms with Crippen molar-refractivity contribution in [2.45, 2.75) is 30.7 Å². The zero-order chi connectivity index (χ0) is 19.8. The summed E-state index contributed by atoms with van der Waals surface area (Å²) < 4.78 is 35.9. The van der Waals surface area contributed by atoms with E-state index in [1.54, 1.807) is 6.26 Å². The summed E-state index contributed by atoms with van der Waals surface area (Å²) in [6, 6.07) is 2.57. The van der Waals surface area contributed by atoms with E-state index in [1.807, 2.05) is 0 Å². The van der Waals surface area contributed by atoms with Crippen molar-refractivity contribution in [3.05, 3.63) is 57.7 Å². The van der Waals surface area contributed by atoms with Gasteiger partial charge in [-0.25, -0.2) is 18.6 Å². The second kappa shape index (κ2) is 7.43. The van der Waals surface area contributed by atoms with Crippen LogP contribution in [-0.2, 0) is 6.54 Å². The van der Waals surface area contributed by atoms with Crippen molar-refractivity contribution < 1.29 is 13.5 Å². The Labute approximate surface area is 164 Å². The number of allylic oxidation sites excluding steroid dienone is 2. The van der Waals surface area contributed by atoms with Gasteiger partial charge in [-0.3, -0.25) is 4.57 Å². The number of ether oxygens (including phenoxy) is 1. The Hall–Kier alpha value is -2.61. The van der Waals surface area contributed by atoms with Gasteiger partial charge in [0.25, 0.3) is 0 Å². The molecule has 0 aliphatic heterocycles. The van der Waals surface area contributed by atoms with E-state index < -0.39 is 17.3 Å². The summed E-state index contributed by atoms with van der Waals surface area (Å²) in [5, 5.41) is 0. The second-order valence-corrected chi connectivity index (χ2v) is 7.49. The molecule has 0 radical (unpaired) electrons. The predicted octanol–water partition coefficient (Wildman–Crippen LogP) is 4.35. The van der Waals surface area contributed by atoms with E-state index >= 15 is 0 Å². The Morgan fingerprint density at radius 3 is 2.68 bits per heavy atom. The summed E-state index contributed by atoms with van der Waals surface area (Å²) in [6.07, 6.45) is 8.12. The molecule has 4 rings (SSSR count). The van der Waals surface area contributed by atoms with Crippen LogP contribution in [0.25, 0.3) is 16.6 Å². The molecule has 1 aliphatic carbocycles. The number of thioether (sulfide) groups is 1. The zero-order valence-electron chi connectivity index (χ0n) is 15.5. The van der Waals surface area contributed by atoms with Crippen molar-refractivity contribution in [1.82, 2.24) is 14.5 Å². The number of benzene rings is 1. The van der Waals surface area contributed by atoms with Gasteiger partial charge in [-0.15, -0.1) is 11.8 Å². The quantitative estimate of drug-likeness (QED) is 0.644. The fourth-order valence-corrected chi connectivity index (χ4v) is 4.08. The van der Waals surface area contributed by atoms with Crippen LogP contribution in [0.1, 0.15) is 30.4 Å². The van der Waals surface area contributed by atoms with E-state index in [1.165, 1.54) is 41.8 Å². The van der Waals surface area contributed by atoms with Crippen LogP contribution in [0.15, 0.2) is 34.1 Å². The first-order valence-corrected chi connectivity index (χ1v) is 10.1. The highest BCUT2D eigenvalue weighted by molar-refractivity contribution is 7.98. The van der Waals surface area contributed by atoms with Crippen LogP contribution in [0.5, 0.6) is 5.88 Å². The summed E-state index contributed by atoms with van der Waals surface area (Å²) >= 11 is 1.26. The molecule has 1 N–H and O–H groups in total. The molecule has 0 bridgehead atoms. The molecule has 2 heterocycles. The highest BCUT2D eigenvalue weighted by atomic mass is 32.2. The van der Waals surface area contributed by atoms with Gasteiger partial charge in [0.15, 0.2) is 0 Å². The number of hydrogen-bond acceptors (Lipinski definition) is 4. The number of pyridine rings is 1. The number of rotatable bonds is 5. The average molecular weight is 403 g/mol. The molecule has 0 saturated carbocycles. The first kappa shape index (κ1) is 18.7. The zero-order valence-corrected chi connectivity index (χ0v) is 16.3. The molecule has 0 fully saturated rings. The molecule has 0 saturated heterocycles. The Morgan fingerprint density at radius 1 is 1.32 bits per heavy atom. The van der Waals surface area contributed by atoms with E-state index in [4.69, 9.17) is 4.74 Å². The lowest BCUT2D eigenvalue weighted by molar-refractivity contribution is 0.397. The van der Waals surface area contributed by atoms with Crippen LogP contribution in [-0.4, -0.2) is 27.9 Å². The number of H-pyrrole nitrogens is 1. The summed E-state index contributed by atoms with van der Waals surface area (Å²) in [5.41, 5.74) is 2.20. The number of halogens is 2. The summed E-state index contributed by atoms with van der Waals surface area (Å²) in [6.45, 7) is -0.224. The highest BCUT2D eigenvalue weighted by Gasteiger charge is 2.23. The maximum atomic E-state index is 14.5. The normalized spacial score (nSPS) is 13.9. The van der Waals surface area contributed by atoms with Gasteiger partial charge in [0.2, 0.25) is 5.88 Å². The number of methoxy groups -OCH3 is 1. The number of nitrogens with zero attached hydrogens (tertiary/aromatic N) is 2. The monoisotopic (exact) mass is 403 g/mol. The van der Waals surface area contributed by atoms with Crippen molar-refractivity contribution in [1.29, 1.82) is 0 Å². The third kappa shape index (κ3) is 3.11. The fourth-order valence-electron chi connectivity index (χ4n) is 3.64. The first-order valence-electron chi connectivity index (χ1n) is 8.90. The van der Waals surface area contributed by atoms with E-state index in [2.05, 4.69) is 16.0 Å². The molecule has 0 spiro atoms. The summed E-state index contributed by atoms with van der Waals surface area (Å²) in [4.78, 5) is 20.1. The molecule has 28 heavy (non-hydrogen) atoms. The SMILES string of the molecule is COc1ncc2[nH]c(=O)n(Cc3c(F)cc(SC)cc3F)c2c1C1=CCCC1. The standard InChI is InChI=1S/C20H19F2N3O2S/c1-27-19-17(11-5-3-4-6-11)18-16(9-23-19)24-20(26)25(18)10-13-14(21)7-12(28-2)8-15(13)22/h5,7-9H,3-4,6,10H2,1-2H3,(H,24,26). The van der Waals surface area contributed by atoms with Crippen LogP contribution in [0.3, 0.4) is 0 Å². The number of aromatic amines is 1. The lowest BCUT2D eigenvalue weighted by Gasteiger charge is -2.13. The fraction of sp³-hybridized carbons (Fsp3) is 0.300. The van der Waals surface area contributed by atoms with Gasteiger partial charge in [0, 0.05) is 10.5 Å². The third-order valence-electron chi connectivity index (χ3n) is 5.00. The number of aromatic nitrogens is 3. The Morgan fingerprint density at radius 2 is 2.07 bits per heavy atom. The first-order chi connectivity index (χ1) is 13.5. The largest absolute Gasteiger partial charge is 0.480 e.